The highest BCUT2D eigenvalue weighted by Gasteiger charge is 2.34. The van der Waals surface area contributed by atoms with E-state index in [1.165, 1.54) is 36.8 Å². The second kappa shape index (κ2) is 7.11. The summed E-state index contributed by atoms with van der Waals surface area (Å²) in [6.45, 7) is 6.74. The second-order valence-electron chi connectivity index (χ2n) is 8.25. The first-order chi connectivity index (χ1) is 12.6. The first-order valence-electron chi connectivity index (χ1n) is 9.94. The van der Waals surface area contributed by atoms with Crippen LogP contribution in [0.4, 0.5) is 0 Å². The number of rotatable bonds is 5. The molecular weight excluding hydrogens is 322 g/mol. The largest absolute Gasteiger partial charge is 0.493 e. The van der Waals surface area contributed by atoms with E-state index in [1.54, 1.807) is 30.9 Å². The smallest absolute Gasteiger partial charge is 0.165 e. The Morgan fingerprint density at radius 2 is 2.04 bits per heavy atom. The second-order valence-corrected chi connectivity index (χ2v) is 8.25. The molecule has 3 aliphatic rings. The molecule has 2 aliphatic heterocycles. The van der Waals surface area contributed by atoms with Crippen LogP contribution in [0.25, 0.3) is 0 Å². The van der Waals surface area contributed by atoms with E-state index in [0.717, 1.165) is 36.9 Å². The lowest BCUT2D eigenvalue weighted by molar-refractivity contribution is 0.183. The molecule has 0 aromatic heterocycles. The Bertz CT molecular complexity index is 758. The van der Waals surface area contributed by atoms with Crippen LogP contribution in [0.1, 0.15) is 50.7 Å². The SMILES string of the molecule is COc1ccc2c(c1OC)CN1CCC(C)=C(/C=C(\C)CC3CC3)C1C2. The molecule has 3 nitrogen and oxygen atoms in total. The Morgan fingerprint density at radius 3 is 2.73 bits per heavy atom. The third-order valence-corrected chi connectivity index (χ3v) is 6.30. The zero-order valence-electron chi connectivity index (χ0n) is 16.6. The fraction of sp³-hybridized carbons (Fsp3) is 0.565. The maximum atomic E-state index is 5.70. The summed E-state index contributed by atoms with van der Waals surface area (Å²) in [5, 5.41) is 0. The molecule has 1 saturated carbocycles. The summed E-state index contributed by atoms with van der Waals surface area (Å²) >= 11 is 0. The first-order valence-corrected chi connectivity index (χ1v) is 9.94. The lowest BCUT2D eigenvalue weighted by Gasteiger charge is -2.42. The highest BCUT2D eigenvalue weighted by Crippen LogP contribution is 2.42. The zero-order valence-corrected chi connectivity index (χ0v) is 16.6. The van der Waals surface area contributed by atoms with Gasteiger partial charge in [0.2, 0.25) is 0 Å². The highest BCUT2D eigenvalue weighted by molar-refractivity contribution is 5.53. The Labute approximate surface area is 157 Å². The van der Waals surface area contributed by atoms with Gasteiger partial charge in [-0.25, -0.2) is 0 Å². The van der Waals surface area contributed by atoms with Crippen LogP contribution in [0.3, 0.4) is 0 Å². The van der Waals surface area contributed by atoms with Crippen LogP contribution in [0.2, 0.25) is 0 Å². The average Bonchev–Trinajstić information content (AvgIpc) is 3.45. The van der Waals surface area contributed by atoms with E-state index >= 15 is 0 Å². The molecule has 0 amide bonds. The fourth-order valence-corrected chi connectivity index (χ4v) is 4.65. The number of hydrogen-bond acceptors (Lipinski definition) is 3. The van der Waals surface area contributed by atoms with E-state index in [0.29, 0.717) is 6.04 Å². The molecule has 1 aliphatic carbocycles. The van der Waals surface area contributed by atoms with Crippen LogP contribution in [0, 0.1) is 5.92 Å². The Morgan fingerprint density at radius 1 is 1.23 bits per heavy atom. The molecule has 0 bridgehead atoms. The topological polar surface area (TPSA) is 21.7 Å². The molecule has 3 heteroatoms. The number of hydrogen-bond donors (Lipinski definition) is 0. The van der Waals surface area contributed by atoms with Gasteiger partial charge in [0.05, 0.1) is 14.2 Å². The minimum atomic E-state index is 0.503. The van der Waals surface area contributed by atoms with Gasteiger partial charge in [0, 0.05) is 24.7 Å². The quantitative estimate of drug-likeness (QED) is 0.752. The molecule has 4 rings (SSSR count). The number of methoxy groups -OCH3 is 2. The predicted octanol–water partition coefficient (Wildman–Crippen LogP) is 4.90. The molecule has 0 spiro atoms. The van der Waals surface area contributed by atoms with Crippen molar-refractivity contribution < 1.29 is 9.47 Å². The monoisotopic (exact) mass is 353 g/mol. The van der Waals surface area contributed by atoms with Crippen LogP contribution in [0.5, 0.6) is 11.5 Å². The van der Waals surface area contributed by atoms with Gasteiger partial charge in [-0.2, -0.15) is 0 Å². The molecule has 1 atom stereocenters. The van der Waals surface area contributed by atoms with Crippen molar-refractivity contribution in [3.8, 4) is 11.5 Å². The Hall–Kier alpha value is -1.74. The summed E-state index contributed by atoms with van der Waals surface area (Å²) in [6, 6.07) is 4.79. The first kappa shape index (κ1) is 17.7. The summed E-state index contributed by atoms with van der Waals surface area (Å²) < 4.78 is 11.2. The normalized spacial score (nSPS) is 23.5. The van der Waals surface area contributed by atoms with E-state index in [-0.39, 0.29) is 0 Å². The summed E-state index contributed by atoms with van der Waals surface area (Å²) in [7, 11) is 3.47. The van der Waals surface area contributed by atoms with Gasteiger partial charge in [0.25, 0.3) is 0 Å². The zero-order chi connectivity index (χ0) is 18.3. The number of nitrogens with zero attached hydrogens (tertiary/aromatic N) is 1. The Kier molecular flexibility index (Phi) is 4.83. The third kappa shape index (κ3) is 3.29. The fourth-order valence-electron chi connectivity index (χ4n) is 4.65. The van der Waals surface area contributed by atoms with Crippen molar-refractivity contribution in [3.63, 3.8) is 0 Å². The summed E-state index contributed by atoms with van der Waals surface area (Å²) in [5.74, 6) is 2.71. The van der Waals surface area contributed by atoms with Gasteiger partial charge < -0.3 is 9.47 Å². The van der Waals surface area contributed by atoms with Crippen LogP contribution in [-0.2, 0) is 13.0 Å². The molecule has 1 fully saturated rings. The lowest BCUT2D eigenvalue weighted by atomic mass is 9.83. The molecule has 1 aromatic carbocycles. The highest BCUT2D eigenvalue weighted by atomic mass is 16.5. The van der Waals surface area contributed by atoms with Gasteiger partial charge in [0.1, 0.15) is 0 Å². The van der Waals surface area contributed by atoms with Gasteiger partial charge in [-0.05, 0) is 69.1 Å². The molecule has 26 heavy (non-hydrogen) atoms. The number of benzene rings is 1. The van der Waals surface area contributed by atoms with Crippen LogP contribution < -0.4 is 9.47 Å². The number of allylic oxidation sites excluding steroid dienone is 1. The van der Waals surface area contributed by atoms with E-state index in [4.69, 9.17) is 9.47 Å². The predicted molar refractivity (Wildman–Crippen MR) is 106 cm³/mol. The molecular formula is C23H31NO2. The van der Waals surface area contributed by atoms with Crippen molar-refractivity contribution in [2.24, 2.45) is 5.92 Å². The van der Waals surface area contributed by atoms with Gasteiger partial charge in [-0.3, -0.25) is 4.90 Å². The van der Waals surface area contributed by atoms with Crippen molar-refractivity contribution in [2.45, 2.75) is 58.5 Å². The molecule has 1 unspecified atom stereocenters. The number of ether oxygens (including phenoxy) is 2. The average molecular weight is 354 g/mol. The van der Waals surface area contributed by atoms with Crippen LogP contribution >= 0.6 is 0 Å². The Balaban J connectivity index is 1.65. The molecule has 1 aromatic rings. The van der Waals surface area contributed by atoms with Crippen molar-refractivity contribution in [2.75, 3.05) is 20.8 Å². The third-order valence-electron chi connectivity index (χ3n) is 6.30. The molecule has 0 radical (unpaired) electrons. The standard InChI is InChI=1S/C23H31NO2/c1-15(11-17-5-6-17)12-19-16(2)9-10-24-14-20-18(13-21(19)24)7-8-22(25-3)23(20)26-4/h7-8,12,17,21H,5-6,9-11,13-14H2,1-4H3/b15-12+. The van der Waals surface area contributed by atoms with Gasteiger partial charge in [0.15, 0.2) is 11.5 Å². The van der Waals surface area contributed by atoms with E-state index in [9.17, 15) is 0 Å². The molecule has 0 N–H and O–H groups in total. The van der Waals surface area contributed by atoms with Crippen LogP contribution in [0.15, 0.2) is 34.9 Å². The molecule has 0 saturated heterocycles. The summed E-state index contributed by atoms with van der Waals surface area (Å²) in [4.78, 5) is 2.63. The summed E-state index contributed by atoms with van der Waals surface area (Å²) in [5.41, 5.74) is 7.41. The minimum absolute atomic E-state index is 0.503. The van der Waals surface area contributed by atoms with E-state index < -0.39 is 0 Å². The van der Waals surface area contributed by atoms with Crippen molar-refractivity contribution in [1.82, 2.24) is 4.90 Å². The van der Waals surface area contributed by atoms with Crippen molar-refractivity contribution in [1.29, 1.82) is 0 Å². The van der Waals surface area contributed by atoms with Crippen LogP contribution in [-0.4, -0.2) is 31.7 Å². The van der Waals surface area contributed by atoms with Gasteiger partial charge in [-0.15, -0.1) is 0 Å². The van der Waals surface area contributed by atoms with Crippen molar-refractivity contribution in [3.05, 3.63) is 46.1 Å². The molecule has 2 heterocycles. The summed E-state index contributed by atoms with van der Waals surface area (Å²) in [6.07, 6.45) is 8.87. The maximum Gasteiger partial charge on any atom is 0.165 e. The van der Waals surface area contributed by atoms with E-state index in [1.807, 2.05) is 0 Å². The molecule has 140 valence electrons. The maximum absolute atomic E-state index is 5.70. The lowest BCUT2D eigenvalue weighted by Crippen LogP contribution is -2.44. The van der Waals surface area contributed by atoms with Gasteiger partial charge in [-0.1, -0.05) is 23.3 Å². The van der Waals surface area contributed by atoms with E-state index in [2.05, 4.69) is 37.0 Å². The van der Waals surface area contributed by atoms with Gasteiger partial charge >= 0.3 is 0 Å². The minimum Gasteiger partial charge on any atom is -0.493 e. The van der Waals surface area contributed by atoms with Crippen molar-refractivity contribution >= 4 is 0 Å². The number of fused-ring (bicyclic) bond motifs is 2.